The van der Waals surface area contributed by atoms with Gasteiger partial charge in [-0.3, -0.25) is 0 Å². The first-order chi connectivity index (χ1) is 5.34. The van der Waals surface area contributed by atoms with Gasteiger partial charge in [-0.2, -0.15) is 0 Å². The minimum Gasteiger partial charge on any atom is -0.206 e. The Morgan fingerprint density at radius 2 is 2.18 bits per heavy atom. The topological polar surface area (TPSA) is 0 Å². The molecule has 0 aliphatic rings. The van der Waals surface area contributed by atoms with E-state index in [0.29, 0.717) is 10.6 Å². The average molecular weight is 166 g/mol. The lowest BCUT2D eigenvalue weighted by atomic mass is 10.3. The van der Waals surface area contributed by atoms with E-state index >= 15 is 0 Å². The molecule has 0 unspecified atom stereocenters. The van der Waals surface area contributed by atoms with Gasteiger partial charge < -0.3 is 0 Å². The van der Waals surface area contributed by atoms with Crippen LogP contribution in [-0.4, -0.2) is 5.75 Å². The molecule has 1 aromatic carbocycles. The van der Waals surface area contributed by atoms with Gasteiger partial charge in [0.05, 0.1) is 5.75 Å². The fourth-order valence-corrected chi connectivity index (χ4v) is 1.30. The van der Waals surface area contributed by atoms with Gasteiger partial charge in [-0.1, -0.05) is 18.1 Å². The first kappa shape index (κ1) is 8.16. The zero-order valence-electron chi connectivity index (χ0n) is 5.88. The summed E-state index contributed by atoms with van der Waals surface area (Å²) in [6.07, 6.45) is 5.03. The van der Waals surface area contributed by atoms with Crippen LogP contribution >= 0.6 is 11.8 Å². The molecule has 0 heterocycles. The molecule has 0 aliphatic carbocycles. The number of benzene rings is 1. The van der Waals surface area contributed by atoms with Crippen LogP contribution in [0.5, 0.6) is 0 Å². The second-order valence-corrected chi connectivity index (χ2v) is 2.94. The molecule has 0 aromatic heterocycles. The first-order valence-corrected chi connectivity index (χ1v) is 4.14. The Morgan fingerprint density at radius 1 is 1.45 bits per heavy atom. The Bertz CT molecular complexity index is 275. The fraction of sp³-hybridized carbons (Fsp3) is 0.111. The van der Waals surface area contributed by atoms with Crippen molar-refractivity contribution in [1.29, 1.82) is 0 Å². The van der Waals surface area contributed by atoms with Crippen molar-refractivity contribution in [3.8, 4) is 12.3 Å². The van der Waals surface area contributed by atoms with Gasteiger partial charge in [-0.05, 0) is 12.1 Å². The van der Waals surface area contributed by atoms with E-state index in [1.54, 1.807) is 18.2 Å². The fourth-order valence-electron chi connectivity index (χ4n) is 0.681. The smallest absolute Gasteiger partial charge is 0.136 e. The van der Waals surface area contributed by atoms with E-state index in [9.17, 15) is 4.39 Å². The number of halogens is 1. The monoisotopic (exact) mass is 166 g/mol. The van der Waals surface area contributed by atoms with Crippen LogP contribution in [-0.2, 0) is 0 Å². The molecule has 0 atom stereocenters. The molecule has 1 aromatic rings. The van der Waals surface area contributed by atoms with Crippen molar-refractivity contribution in [1.82, 2.24) is 0 Å². The summed E-state index contributed by atoms with van der Waals surface area (Å²) in [5.41, 5.74) is 0. The Hall–Kier alpha value is -0.940. The van der Waals surface area contributed by atoms with Crippen LogP contribution in [0.1, 0.15) is 0 Å². The molecule has 56 valence electrons. The SMILES string of the molecule is C#CCSc1ccccc1F. The van der Waals surface area contributed by atoms with E-state index in [1.807, 2.05) is 0 Å². The van der Waals surface area contributed by atoms with Gasteiger partial charge in [0.1, 0.15) is 5.82 Å². The molecule has 11 heavy (non-hydrogen) atoms. The van der Waals surface area contributed by atoms with E-state index in [-0.39, 0.29) is 5.82 Å². The summed E-state index contributed by atoms with van der Waals surface area (Å²) in [6.45, 7) is 0. The van der Waals surface area contributed by atoms with Crippen LogP contribution < -0.4 is 0 Å². The standard InChI is InChI=1S/C9H7FS/c1-2-7-11-9-6-4-3-5-8(9)10/h1,3-6H,7H2. The number of terminal acetylenes is 1. The summed E-state index contributed by atoms with van der Waals surface area (Å²) in [7, 11) is 0. The lowest BCUT2D eigenvalue weighted by molar-refractivity contribution is 0.602. The first-order valence-electron chi connectivity index (χ1n) is 3.15. The molecule has 2 heteroatoms. The van der Waals surface area contributed by atoms with E-state index in [4.69, 9.17) is 6.42 Å². The molecule has 0 nitrogen and oxygen atoms in total. The molecule has 0 fully saturated rings. The molecular formula is C9H7FS. The molecular weight excluding hydrogens is 159 g/mol. The summed E-state index contributed by atoms with van der Waals surface area (Å²) in [5.74, 6) is 2.75. The molecule has 0 bridgehead atoms. The van der Waals surface area contributed by atoms with Crippen molar-refractivity contribution in [2.24, 2.45) is 0 Å². The van der Waals surface area contributed by atoms with Gasteiger partial charge >= 0.3 is 0 Å². The maximum Gasteiger partial charge on any atom is 0.136 e. The summed E-state index contributed by atoms with van der Waals surface area (Å²) < 4.78 is 12.8. The molecule has 0 radical (unpaired) electrons. The van der Waals surface area contributed by atoms with Crippen LogP contribution in [0, 0.1) is 18.2 Å². The van der Waals surface area contributed by atoms with Gasteiger partial charge in [-0.15, -0.1) is 18.2 Å². The van der Waals surface area contributed by atoms with E-state index in [0.717, 1.165) is 0 Å². The van der Waals surface area contributed by atoms with Crippen LogP contribution in [0.3, 0.4) is 0 Å². The van der Waals surface area contributed by atoms with E-state index in [2.05, 4.69) is 5.92 Å². The Balaban J connectivity index is 2.71. The van der Waals surface area contributed by atoms with Crippen LogP contribution in [0.25, 0.3) is 0 Å². The quantitative estimate of drug-likeness (QED) is 0.480. The lowest BCUT2D eigenvalue weighted by Crippen LogP contribution is -1.79. The van der Waals surface area contributed by atoms with Crippen LogP contribution in [0.2, 0.25) is 0 Å². The van der Waals surface area contributed by atoms with Gasteiger partial charge in [0.25, 0.3) is 0 Å². The molecule has 0 spiro atoms. The largest absolute Gasteiger partial charge is 0.206 e. The van der Waals surface area contributed by atoms with Crippen molar-refractivity contribution in [2.45, 2.75) is 4.90 Å². The molecule has 0 aliphatic heterocycles. The lowest BCUT2D eigenvalue weighted by Gasteiger charge is -1.97. The molecule has 0 saturated heterocycles. The molecule has 1 rings (SSSR count). The van der Waals surface area contributed by atoms with E-state index in [1.165, 1.54) is 17.8 Å². The van der Waals surface area contributed by atoms with Crippen molar-refractivity contribution in [3.63, 3.8) is 0 Å². The normalized spacial score (nSPS) is 9.09. The van der Waals surface area contributed by atoms with Gasteiger partial charge in [0.15, 0.2) is 0 Å². The highest BCUT2D eigenvalue weighted by molar-refractivity contribution is 7.99. The highest BCUT2D eigenvalue weighted by atomic mass is 32.2. The average Bonchev–Trinajstić information content (AvgIpc) is 2.03. The number of thioether (sulfide) groups is 1. The van der Waals surface area contributed by atoms with Gasteiger partial charge in [-0.25, -0.2) is 4.39 Å². The highest BCUT2D eigenvalue weighted by Gasteiger charge is 1.97. The van der Waals surface area contributed by atoms with Crippen molar-refractivity contribution in [3.05, 3.63) is 30.1 Å². The second kappa shape index (κ2) is 4.05. The summed E-state index contributed by atoms with van der Waals surface area (Å²) in [5, 5.41) is 0. The third-order valence-corrected chi connectivity index (χ3v) is 2.10. The Kier molecular flexibility index (Phi) is 3.00. The zero-order chi connectivity index (χ0) is 8.10. The summed E-state index contributed by atoms with van der Waals surface area (Å²) in [4.78, 5) is 0.616. The van der Waals surface area contributed by atoms with Crippen molar-refractivity contribution < 1.29 is 4.39 Å². The third-order valence-electron chi connectivity index (χ3n) is 1.15. The maximum atomic E-state index is 12.8. The van der Waals surface area contributed by atoms with Crippen molar-refractivity contribution >= 4 is 11.8 Å². The van der Waals surface area contributed by atoms with Crippen LogP contribution in [0.4, 0.5) is 4.39 Å². The minimum absolute atomic E-state index is 0.201. The number of hydrogen-bond donors (Lipinski definition) is 0. The van der Waals surface area contributed by atoms with Crippen molar-refractivity contribution in [2.75, 3.05) is 5.75 Å². The zero-order valence-corrected chi connectivity index (χ0v) is 6.70. The van der Waals surface area contributed by atoms with E-state index < -0.39 is 0 Å². The van der Waals surface area contributed by atoms with Crippen LogP contribution in [0.15, 0.2) is 29.2 Å². The van der Waals surface area contributed by atoms with Gasteiger partial charge in [0, 0.05) is 4.90 Å². The van der Waals surface area contributed by atoms with Gasteiger partial charge in [0.2, 0.25) is 0 Å². The Morgan fingerprint density at radius 3 is 2.82 bits per heavy atom. The molecule has 0 saturated carbocycles. The second-order valence-electron chi connectivity index (χ2n) is 1.92. The molecule has 0 amide bonds. The predicted octanol–water partition coefficient (Wildman–Crippen LogP) is 2.55. The Labute approximate surface area is 69.8 Å². The third kappa shape index (κ3) is 2.28. The summed E-state index contributed by atoms with van der Waals surface area (Å²) in [6, 6.07) is 6.60. The minimum atomic E-state index is -0.201. The summed E-state index contributed by atoms with van der Waals surface area (Å²) >= 11 is 1.34. The predicted molar refractivity (Wildman–Crippen MR) is 46.0 cm³/mol. The maximum absolute atomic E-state index is 12.8. The number of rotatable bonds is 2. The molecule has 0 N–H and O–H groups in total. The highest BCUT2D eigenvalue weighted by Crippen LogP contribution is 2.19. The number of hydrogen-bond acceptors (Lipinski definition) is 1.